The topological polar surface area (TPSA) is 49.3 Å². The zero-order chi connectivity index (χ0) is 14.8. The van der Waals surface area contributed by atoms with Gasteiger partial charge in [-0.1, -0.05) is 0 Å². The van der Waals surface area contributed by atoms with E-state index in [1.54, 1.807) is 12.1 Å². The first-order chi connectivity index (χ1) is 8.62. The summed E-state index contributed by atoms with van der Waals surface area (Å²) in [4.78, 5) is 10.6. The van der Waals surface area contributed by atoms with Gasteiger partial charge in [0.05, 0.1) is 5.69 Å². The predicted octanol–water partition coefficient (Wildman–Crippen LogP) is 4.20. The summed E-state index contributed by atoms with van der Waals surface area (Å²) in [7, 11) is 0. The number of aliphatic carboxylic acids is 1. The van der Waals surface area contributed by atoms with Crippen molar-refractivity contribution in [3.8, 4) is 0 Å². The van der Waals surface area contributed by atoms with Crippen LogP contribution in [0, 0.1) is 12.8 Å². The van der Waals surface area contributed by atoms with Gasteiger partial charge in [0.25, 0.3) is 0 Å². The summed E-state index contributed by atoms with van der Waals surface area (Å²) in [5.41, 5.74) is 1.30. The SMILES string of the molecule is Cc1cc(Br)c(NCC(C(=O)O)C(F)(F)F)c(Br)c1. The second-order valence-electron chi connectivity index (χ2n) is 3.92. The van der Waals surface area contributed by atoms with Crippen LogP contribution >= 0.6 is 31.9 Å². The second-order valence-corrected chi connectivity index (χ2v) is 5.63. The van der Waals surface area contributed by atoms with Gasteiger partial charge in [0, 0.05) is 15.5 Å². The minimum absolute atomic E-state index is 0.390. The van der Waals surface area contributed by atoms with E-state index in [9.17, 15) is 18.0 Å². The lowest BCUT2D eigenvalue weighted by Crippen LogP contribution is -2.36. The van der Waals surface area contributed by atoms with Crippen molar-refractivity contribution < 1.29 is 23.1 Å². The molecular formula is C11H10Br2F3NO2. The molecule has 8 heteroatoms. The van der Waals surface area contributed by atoms with Crippen LogP contribution in [0.1, 0.15) is 5.56 Å². The molecule has 1 aromatic carbocycles. The maximum atomic E-state index is 12.5. The number of hydrogen-bond acceptors (Lipinski definition) is 2. The first-order valence-electron chi connectivity index (χ1n) is 5.12. The van der Waals surface area contributed by atoms with Crippen LogP contribution in [0.15, 0.2) is 21.1 Å². The van der Waals surface area contributed by atoms with Crippen LogP contribution in [-0.4, -0.2) is 23.8 Å². The minimum Gasteiger partial charge on any atom is -0.481 e. The number of halogens is 5. The average molecular weight is 405 g/mol. The van der Waals surface area contributed by atoms with Crippen LogP contribution in [0.5, 0.6) is 0 Å². The summed E-state index contributed by atoms with van der Waals surface area (Å²) in [6, 6.07) is 3.44. The fourth-order valence-corrected chi connectivity index (χ4v) is 3.11. The molecule has 0 aromatic heterocycles. The third-order valence-corrected chi connectivity index (χ3v) is 3.61. The molecule has 0 aliphatic carbocycles. The molecule has 2 N–H and O–H groups in total. The van der Waals surface area contributed by atoms with Gasteiger partial charge in [-0.05, 0) is 56.5 Å². The lowest BCUT2D eigenvalue weighted by Gasteiger charge is -2.18. The van der Waals surface area contributed by atoms with Gasteiger partial charge < -0.3 is 10.4 Å². The Kier molecular flexibility index (Phi) is 5.26. The van der Waals surface area contributed by atoms with Gasteiger partial charge in [0.15, 0.2) is 5.92 Å². The van der Waals surface area contributed by atoms with Gasteiger partial charge in [-0.3, -0.25) is 4.79 Å². The van der Waals surface area contributed by atoms with E-state index in [-0.39, 0.29) is 0 Å². The Morgan fingerprint density at radius 1 is 1.37 bits per heavy atom. The number of carboxylic acids is 1. The van der Waals surface area contributed by atoms with E-state index >= 15 is 0 Å². The number of rotatable bonds is 4. The molecule has 0 radical (unpaired) electrons. The molecule has 0 heterocycles. The van der Waals surface area contributed by atoms with Crippen molar-refractivity contribution in [2.24, 2.45) is 5.92 Å². The highest BCUT2D eigenvalue weighted by Gasteiger charge is 2.44. The molecule has 0 fully saturated rings. The fraction of sp³-hybridized carbons (Fsp3) is 0.364. The predicted molar refractivity (Wildman–Crippen MR) is 72.2 cm³/mol. The van der Waals surface area contributed by atoms with Crippen LogP contribution < -0.4 is 5.32 Å². The molecule has 0 aliphatic rings. The Labute approximate surface area is 124 Å². The number of carboxylic acid groups (broad SMARTS) is 1. The third-order valence-electron chi connectivity index (χ3n) is 2.36. The molecule has 1 rings (SSSR count). The summed E-state index contributed by atoms with van der Waals surface area (Å²) >= 11 is 6.43. The van der Waals surface area contributed by atoms with Crippen LogP contribution in [0.25, 0.3) is 0 Å². The van der Waals surface area contributed by atoms with Crippen molar-refractivity contribution in [3.63, 3.8) is 0 Å². The number of nitrogens with one attached hydrogen (secondary N) is 1. The van der Waals surface area contributed by atoms with Gasteiger partial charge in [0.2, 0.25) is 0 Å². The Bertz CT molecular complexity index is 468. The smallest absolute Gasteiger partial charge is 0.403 e. The minimum atomic E-state index is -4.79. The van der Waals surface area contributed by atoms with Crippen molar-refractivity contribution in [2.45, 2.75) is 13.1 Å². The molecule has 1 unspecified atom stereocenters. The van der Waals surface area contributed by atoms with Crippen molar-refractivity contribution >= 4 is 43.5 Å². The van der Waals surface area contributed by atoms with E-state index in [0.29, 0.717) is 14.6 Å². The maximum Gasteiger partial charge on any atom is 0.403 e. The molecular weight excluding hydrogens is 395 g/mol. The number of alkyl halides is 3. The van der Waals surface area contributed by atoms with Gasteiger partial charge in [-0.2, -0.15) is 13.2 Å². The van der Waals surface area contributed by atoms with Crippen molar-refractivity contribution in [1.29, 1.82) is 0 Å². The molecule has 1 aromatic rings. The summed E-state index contributed by atoms with van der Waals surface area (Å²) < 4.78 is 38.6. The number of benzene rings is 1. The van der Waals surface area contributed by atoms with E-state index in [4.69, 9.17) is 5.11 Å². The van der Waals surface area contributed by atoms with Crippen LogP contribution in [0.4, 0.5) is 18.9 Å². The standard InChI is InChI=1S/C11H10Br2F3NO2/c1-5-2-7(12)9(8(13)3-5)17-4-6(10(18)19)11(14,15)16/h2-3,6,17H,4H2,1H3,(H,18,19). The van der Waals surface area contributed by atoms with Gasteiger partial charge in [-0.15, -0.1) is 0 Å². The van der Waals surface area contributed by atoms with E-state index in [2.05, 4.69) is 37.2 Å². The number of anilines is 1. The number of carbonyl (C=O) groups is 1. The number of aryl methyl sites for hydroxylation is 1. The van der Waals surface area contributed by atoms with E-state index in [1.165, 1.54) is 0 Å². The molecule has 1 atom stereocenters. The zero-order valence-corrected chi connectivity index (χ0v) is 12.9. The normalized spacial score (nSPS) is 13.2. The first kappa shape index (κ1) is 16.3. The van der Waals surface area contributed by atoms with Crippen molar-refractivity contribution in [1.82, 2.24) is 0 Å². The van der Waals surface area contributed by atoms with Gasteiger partial charge in [0.1, 0.15) is 0 Å². The lowest BCUT2D eigenvalue weighted by molar-refractivity contribution is -0.190. The highest BCUT2D eigenvalue weighted by Crippen LogP contribution is 2.34. The largest absolute Gasteiger partial charge is 0.481 e. The van der Waals surface area contributed by atoms with Gasteiger partial charge in [-0.25, -0.2) is 0 Å². The fourth-order valence-electron chi connectivity index (χ4n) is 1.42. The second kappa shape index (κ2) is 6.13. The van der Waals surface area contributed by atoms with Gasteiger partial charge >= 0.3 is 12.1 Å². The van der Waals surface area contributed by atoms with Crippen molar-refractivity contribution in [2.75, 3.05) is 11.9 Å². The molecule has 0 aliphatic heterocycles. The number of hydrogen-bond donors (Lipinski definition) is 2. The Hall–Kier alpha value is -0.760. The van der Waals surface area contributed by atoms with Crippen LogP contribution in [-0.2, 0) is 4.79 Å². The molecule has 0 saturated heterocycles. The zero-order valence-electron chi connectivity index (χ0n) is 9.68. The molecule has 106 valence electrons. The summed E-state index contributed by atoms with van der Waals surface area (Å²) in [6.45, 7) is 1.09. The average Bonchev–Trinajstić information content (AvgIpc) is 2.18. The van der Waals surface area contributed by atoms with Crippen LogP contribution in [0.3, 0.4) is 0 Å². The molecule has 19 heavy (non-hydrogen) atoms. The monoisotopic (exact) mass is 403 g/mol. The van der Waals surface area contributed by atoms with E-state index < -0.39 is 24.6 Å². The first-order valence-corrected chi connectivity index (χ1v) is 6.70. The molecule has 0 saturated carbocycles. The van der Waals surface area contributed by atoms with Crippen molar-refractivity contribution in [3.05, 3.63) is 26.6 Å². The third kappa shape index (κ3) is 4.38. The summed E-state index contributed by atoms with van der Waals surface area (Å²) in [5.74, 6) is -4.35. The highest BCUT2D eigenvalue weighted by molar-refractivity contribution is 9.11. The summed E-state index contributed by atoms with van der Waals surface area (Å²) in [6.07, 6.45) is -4.79. The Morgan fingerprint density at radius 3 is 2.21 bits per heavy atom. The van der Waals surface area contributed by atoms with E-state index in [1.807, 2.05) is 6.92 Å². The van der Waals surface area contributed by atoms with E-state index in [0.717, 1.165) is 5.56 Å². The molecule has 0 spiro atoms. The lowest BCUT2D eigenvalue weighted by atomic mass is 10.1. The molecule has 0 bridgehead atoms. The maximum absolute atomic E-state index is 12.5. The highest BCUT2D eigenvalue weighted by atomic mass is 79.9. The molecule has 0 amide bonds. The Balaban J connectivity index is 2.90. The summed E-state index contributed by atoms with van der Waals surface area (Å²) in [5, 5.41) is 11.1. The van der Waals surface area contributed by atoms with Crippen LogP contribution in [0.2, 0.25) is 0 Å². The quantitative estimate of drug-likeness (QED) is 0.790. The molecule has 3 nitrogen and oxygen atoms in total. The Morgan fingerprint density at radius 2 is 1.84 bits per heavy atom.